The summed E-state index contributed by atoms with van der Waals surface area (Å²) in [7, 11) is 0. The molecule has 2 aromatic heterocycles. The van der Waals surface area contributed by atoms with Crippen LogP contribution < -0.4 is 5.32 Å². The highest BCUT2D eigenvalue weighted by Crippen LogP contribution is 2.23. The van der Waals surface area contributed by atoms with Gasteiger partial charge in [0, 0.05) is 30.3 Å². The summed E-state index contributed by atoms with van der Waals surface area (Å²) in [5, 5.41) is 15.2. The molecule has 0 bridgehead atoms. The highest BCUT2D eigenvalue weighted by atomic mass is 35.5. The molecule has 1 aliphatic rings. The predicted octanol–water partition coefficient (Wildman–Crippen LogP) is 4.41. The maximum atomic E-state index is 12.1. The van der Waals surface area contributed by atoms with E-state index in [2.05, 4.69) is 15.4 Å². The number of carbonyl (C=O) groups excluding carboxylic acids is 1. The zero-order chi connectivity index (χ0) is 19.5. The molecule has 3 heterocycles. The Balaban J connectivity index is 1.38. The van der Waals surface area contributed by atoms with Crippen molar-refractivity contribution in [1.82, 2.24) is 15.4 Å². The second-order valence-corrected chi connectivity index (χ2v) is 8.30. The Bertz CT molecular complexity index is 990. The van der Waals surface area contributed by atoms with Crippen LogP contribution in [0.2, 0.25) is 4.34 Å². The van der Waals surface area contributed by atoms with Crippen molar-refractivity contribution in [3.8, 4) is 11.3 Å². The summed E-state index contributed by atoms with van der Waals surface area (Å²) >= 11 is 7.09. The van der Waals surface area contributed by atoms with Crippen LogP contribution in [0.5, 0.6) is 0 Å². The van der Waals surface area contributed by atoms with Crippen molar-refractivity contribution in [3.05, 3.63) is 63.0 Å². The molecule has 0 radical (unpaired) electrons. The van der Waals surface area contributed by atoms with Crippen molar-refractivity contribution < 1.29 is 9.32 Å². The van der Waals surface area contributed by atoms with Crippen LogP contribution in [0.1, 0.15) is 33.8 Å². The molecule has 0 unspecified atom stereocenters. The number of carbonyl (C=O) groups is 1. The molecule has 6 nitrogen and oxygen atoms in total. The van der Waals surface area contributed by atoms with Gasteiger partial charge in [0.2, 0.25) is 0 Å². The van der Waals surface area contributed by atoms with Gasteiger partial charge in [-0.25, -0.2) is 0 Å². The Kier molecular flexibility index (Phi) is 5.45. The molecule has 1 fully saturated rings. The van der Waals surface area contributed by atoms with E-state index in [0.717, 1.165) is 37.1 Å². The lowest BCUT2D eigenvalue weighted by Crippen LogP contribution is -2.27. The Morgan fingerprint density at radius 3 is 2.64 bits per heavy atom. The number of rotatable bonds is 5. The van der Waals surface area contributed by atoms with Gasteiger partial charge in [0.1, 0.15) is 11.5 Å². The quantitative estimate of drug-likeness (QED) is 0.478. The van der Waals surface area contributed by atoms with Gasteiger partial charge in [-0.05, 0) is 25.0 Å². The molecule has 1 aromatic carbocycles. The molecular weight excluding hydrogens is 396 g/mol. The van der Waals surface area contributed by atoms with Gasteiger partial charge >= 0.3 is 0 Å². The van der Waals surface area contributed by atoms with Crippen LogP contribution in [0, 0.1) is 5.41 Å². The number of benzene rings is 1. The fourth-order valence-electron chi connectivity index (χ4n) is 3.15. The van der Waals surface area contributed by atoms with E-state index in [0.29, 0.717) is 26.5 Å². The molecule has 144 valence electrons. The minimum absolute atomic E-state index is 0.195. The van der Waals surface area contributed by atoms with Crippen LogP contribution in [0.3, 0.4) is 0 Å². The van der Waals surface area contributed by atoms with E-state index in [1.807, 2.05) is 30.3 Å². The van der Waals surface area contributed by atoms with Crippen molar-refractivity contribution in [2.45, 2.75) is 19.4 Å². The van der Waals surface area contributed by atoms with Crippen LogP contribution in [-0.2, 0) is 6.54 Å². The molecular formula is C20H19ClN4O2S. The van der Waals surface area contributed by atoms with Crippen molar-refractivity contribution >= 4 is 34.7 Å². The summed E-state index contributed by atoms with van der Waals surface area (Å²) in [4.78, 5) is 14.7. The van der Waals surface area contributed by atoms with E-state index in [9.17, 15) is 4.79 Å². The Morgan fingerprint density at radius 1 is 1.21 bits per heavy atom. The summed E-state index contributed by atoms with van der Waals surface area (Å²) in [6.07, 6.45) is 2.30. The summed E-state index contributed by atoms with van der Waals surface area (Å²) in [5.41, 5.74) is 2.50. The summed E-state index contributed by atoms with van der Waals surface area (Å²) in [6.45, 7) is 2.16. The van der Waals surface area contributed by atoms with Crippen molar-refractivity contribution in [2.75, 3.05) is 13.1 Å². The Hall–Kier alpha value is -2.64. The second kappa shape index (κ2) is 8.16. The number of hydrogen-bond acceptors (Lipinski definition) is 5. The van der Waals surface area contributed by atoms with E-state index in [1.54, 1.807) is 12.1 Å². The zero-order valence-corrected chi connectivity index (χ0v) is 16.6. The Morgan fingerprint density at radius 2 is 1.96 bits per heavy atom. The van der Waals surface area contributed by atoms with Gasteiger partial charge in [-0.3, -0.25) is 10.2 Å². The number of aromatic nitrogens is 1. The maximum absolute atomic E-state index is 12.1. The molecule has 28 heavy (non-hydrogen) atoms. The first-order valence-electron chi connectivity index (χ1n) is 9.03. The average molecular weight is 415 g/mol. The first-order valence-corrected chi connectivity index (χ1v) is 10.2. The third kappa shape index (κ3) is 4.10. The standard InChI is InChI=1S/C20H19ClN4O2S/c21-18-8-7-17(28-18)20(26)23-12-15-11-16(24-27-15)13-3-5-14(6-4-13)19(22)25-9-1-2-10-25/h3-8,11,22H,1-2,9-10,12H2,(H,23,26). The molecule has 2 N–H and O–H groups in total. The van der Waals surface area contributed by atoms with Crippen molar-refractivity contribution in [1.29, 1.82) is 5.41 Å². The topological polar surface area (TPSA) is 82.2 Å². The highest BCUT2D eigenvalue weighted by Gasteiger charge is 2.16. The lowest BCUT2D eigenvalue weighted by molar-refractivity contribution is 0.0951. The lowest BCUT2D eigenvalue weighted by atomic mass is 10.1. The number of thiophene rings is 1. The number of likely N-dealkylation sites (tertiary alicyclic amines) is 1. The molecule has 0 saturated carbocycles. The summed E-state index contributed by atoms with van der Waals surface area (Å²) < 4.78 is 5.91. The number of amidine groups is 1. The number of halogens is 1. The normalized spacial score (nSPS) is 13.7. The van der Waals surface area contributed by atoms with E-state index >= 15 is 0 Å². The third-order valence-electron chi connectivity index (χ3n) is 4.66. The molecule has 3 aromatic rings. The first-order chi connectivity index (χ1) is 13.6. The first kappa shape index (κ1) is 18.7. The largest absolute Gasteiger partial charge is 0.359 e. The van der Waals surface area contributed by atoms with Crippen molar-refractivity contribution in [2.24, 2.45) is 0 Å². The summed E-state index contributed by atoms with van der Waals surface area (Å²) in [5.74, 6) is 0.945. The molecule has 0 spiro atoms. The number of amides is 1. The van der Waals surface area contributed by atoms with Gasteiger partial charge in [0.25, 0.3) is 5.91 Å². The minimum Gasteiger partial charge on any atom is -0.359 e. The van der Waals surface area contributed by atoms with Gasteiger partial charge in [-0.1, -0.05) is 41.0 Å². The third-order valence-corrected chi connectivity index (χ3v) is 5.89. The molecule has 1 aliphatic heterocycles. The smallest absolute Gasteiger partial charge is 0.261 e. The predicted molar refractivity (Wildman–Crippen MR) is 110 cm³/mol. The maximum Gasteiger partial charge on any atom is 0.261 e. The molecule has 0 atom stereocenters. The zero-order valence-electron chi connectivity index (χ0n) is 15.1. The molecule has 4 rings (SSSR count). The van der Waals surface area contributed by atoms with Crippen LogP contribution >= 0.6 is 22.9 Å². The van der Waals surface area contributed by atoms with E-state index in [-0.39, 0.29) is 12.5 Å². The average Bonchev–Trinajstić information content (AvgIpc) is 3.47. The number of nitrogens with one attached hydrogen (secondary N) is 2. The van der Waals surface area contributed by atoms with Gasteiger partial charge in [-0.15, -0.1) is 11.3 Å². The van der Waals surface area contributed by atoms with Crippen LogP contribution in [0.15, 0.2) is 47.0 Å². The minimum atomic E-state index is -0.195. The van der Waals surface area contributed by atoms with E-state index < -0.39 is 0 Å². The van der Waals surface area contributed by atoms with Gasteiger partial charge in [-0.2, -0.15) is 0 Å². The van der Waals surface area contributed by atoms with Gasteiger partial charge in [0.15, 0.2) is 5.76 Å². The van der Waals surface area contributed by atoms with E-state index in [4.69, 9.17) is 21.5 Å². The van der Waals surface area contributed by atoms with E-state index in [1.165, 1.54) is 11.3 Å². The van der Waals surface area contributed by atoms with Crippen LogP contribution in [0.25, 0.3) is 11.3 Å². The second-order valence-electron chi connectivity index (χ2n) is 6.59. The molecule has 8 heteroatoms. The van der Waals surface area contributed by atoms with Gasteiger partial charge in [0.05, 0.1) is 15.8 Å². The fourth-order valence-corrected chi connectivity index (χ4v) is 4.10. The fraction of sp³-hybridized carbons (Fsp3) is 0.250. The van der Waals surface area contributed by atoms with Crippen LogP contribution in [-0.4, -0.2) is 34.9 Å². The molecule has 1 saturated heterocycles. The SMILES string of the molecule is N=C(c1ccc(-c2cc(CNC(=O)c3ccc(Cl)s3)on2)cc1)N1CCCC1. The van der Waals surface area contributed by atoms with Crippen LogP contribution in [0.4, 0.5) is 0 Å². The number of hydrogen-bond donors (Lipinski definition) is 2. The highest BCUT2D eigenvalue weighted by molar-refractivity contribution is 7.17. The lowest BCUT2D eigenvalue weighted by Gasteiger charge is -2.18. The van der Waals surface area contributed by atoms with Gasteiger partial charge < -0.3 is 14.7 Å². The molecule has 0 aliphatic carbocycles. The Labute approximate surface area is 171 Å². The summed E-state index contributed by atoms with van der Waals surface area (Å²) in [6, 6.07) is 12.9. The monoisotopic (exact) mass is 414 g/mol. The number of nitrogens with zero attached hydrogens (tertiary/aromatic N) is 2. The van der Waals surface area contributed by atoms with Crippen molar-refractivity contribution in [3.63, 3.8) is 0 Å². The molecule has 1 amide bonds.